The number of nitrogens with one attached hydrogen (secondary N) is 1. The number of oxime groups is 1. The fourth-order valence-corrected chi connectivity index (χ4v) is 8.25. The number of thiazole rings is 2. The molecule has 2 atom stereocenters. The monoisotopic (exact) mass is 695 g/mol. The van der Waals surface area contributed by atoms with Crippen LogP contribution in [0.1, 0.15) is 26.8 Å². The minimum atomic E-state index is -1.34. The van der Waals surface area contributed by atoms with Gasteiger partial charge in [0, 0.05) is 27.9 Å². The van der Waals surface area contributed by atoms with Gasteiger partial charge in [-0.05, 0) is 6.92 Å². The molecule has 0 radical (unpaired) electrons. The van der Waals surface area contributed by atoms with E-state index in [1.807, 2.05) is 0 Å². The average molecular weight is 696 g/mol. The minimum Gasteiger partial charge on any atom is -0.503 e. The number of hydrogen-bond donors (Lipinski definition) is 6. The highest BCUT2D eigenvalue weighted by Gasteiger charge is 2.54. The number of aromatic carboxylic acids is 1. The average Bonchev–Trinajstić information content (AvgIpc) is 3.59. The van der Waals surface area contributed by atoms with Crippen molar-refractivity contribution in [2.24, 2.45) is 5.16 Å². The first-order chi connectivity index (χ1) is 21.3. The van der Waals surface area contributed by atoms with Crippen molar-refractivity contribution in [3.8, 4) is 5.75 Å². The Kier molecular flexibility index (Phi) is 9.04. The summed E-state index contributed by atoms with van der Waals surface area (Å²) in [6.45, 7) is 1.07. The summed E-state index contributed by atoms with van der Waals surface area (Å²) in [5.74, 6) is -4.31. The number of aliphatic carboxylic acids is 1. The number of nitrogens with two attached hydrogens (primary N) is 1. The van der Waals surface area contributed by atoms with Crippen molar-refractivity contribution in [2.75, 3.05) is 17.2 Å². The Morgan fingerprint density at radius 3 is 2.64 bits per heavy atom. The van der Waals surface area contributed by atoms with Gasteiger partial charge < -0.3 is 36.4 Å². The predicted octanol–water partition coefficient (Wildman–Crippen LogP) is 0.745. The second-order valence-electron chi connectivity index (χ2n) is 9.25. The van der Waals surface area contributed by atoms with Crippen LogP contribution in [0, 0.1) is 6.92 Å². The molecule has 5 rings (SSSR count). The third kappa shape index (κ3) is 6.45. The maximum atomic E-state index is 13.3. The van der Waals surface area contributed by atoms with Crippen LogP contribution in [0.4, 0.5) is 5.13 Å². The van der Waals surface area contributed by atoms with Crippen LogP contribution in [-0.4, -0.2) is 93.2 Å². The van der Waals surface area contributed by atoms with Gasteiger partial charge in [-0.25, -0.2) is 19.6 Å². The van der Waals surface area contributed by atoms with E-state index < -0.39 is 53.6 Å². The molecular weight excluding hydrogens is 675 g/mol. The number of hydrogen-bond acceptors (Lipinski definition) is 16. The van der Waals surface area contributed by atoms with Gasteiger partial charge in [0.2, 0.25) is 5.43 Å². The van der Waals surface area contributed by atoms with Gasteiger partial charge >= 0.3 is 11.9 Å². The Morgan fingerprint density at radius 2 is 2.00 bits per heavy atom. The van der Waals surface area contributed by atoms with Crippen LogP contribution >= 0.6 is 46.2 Å². The molecule has 236 valence electrons. The van der Waals surface area contributed by atoms with Crippen molar-refractivity contribution in [3.63, 3.8) is 0 Å². The summed E-state index contributed by atoms with van der Waals surface area (Å²) >= 11 is 4.33. The number of amides is 2. The van der Waals surface area contributed by atoms with E-state index in [2.05, 4.69) is 20.4 Å². The van der Waals surface area contributed by atoms with Crippen molar-refractivity contribution >= 4 is 80.8 Å². The Morgan fingerprint density at radius 1 is 1.24 bits per heavy atom. The number of anilines is 1. The molecule has 0 unspecified atom stereocenters. The molecule has 2 amide bonds. The summed E-state index contributed by atoms with van der Waals surface area (Å²) in [7, 11) is 0. The number of aromatic hydroxyl groups is 1. The first-order valence-electron chi connectivity index (χ1n) is 12.5. The molecule has 0 bridgehead atoms. The van der Waals surface area contributed by atoms with E-state index in [-0.39, 0.29) is 44.3 Å². The van der Waals surface area contributed by atoms with Gasteiger partial charge in [-0.15, -0.1) is 34.4 Å². The molecule has 3 aromatic heterocycles. The first-order valence-corrected chi connectivity index (χ1v) is 16.1. The molecule has 1 saturated heterocycles. The number of nitrogens with zero attached hydrogens (tertiary/aromatic N) is 5. The summed E-state index contributed by atoms with van der Waals surface area (Å²) < 4.78 is 0.884. The number of aromatic nitrogens is 3. The number of carboxylic acid groups (broad SMARTS) is 2. The Balaban J connectivity index is 1.30. The molecule has 0 saturated carbocycles. The molecule has 0 spiro atoms. The van der Waals surface area contributed by atoms with Gasteiger partial charge in [-0.1, -0.05) is 16.9 Å². The van der Waals surface area contributed by atoms with Gasteiger partial charge in [0.15, 0.2) is 27.5 Å². The number of aryl methyl sites for hydroxylation is 1. The van der Waals surface area contributed by atoms with Crippen LogP contribution in [0.2, 0.25) is 0 Å². The van der Waals surface area contributed by atoms with E-state index in [4.69, 9.17) is 10.6 Å². The lowest BCUT2D eigenvalue weighted by Gasteiger charge is -2.49. The van der Waals surface area contributed by atoms with E-state index in [0.29, 0.717) is 19.7 Å². The zero-order valence-electron chi connectivity index (χ0n) is 22.7. The van der Waals surface area contributed by atoms with Crippen molar-refractivity contribution < 1.29 is 44.5 Å². The number of fused-ring (bicyclic) bond motifs is 1. The number of pyridine rings is 1. The largest absolute Gasteiger partial charge is 0.503 e. The summed E-state index contributed by atoms with van der Waals surface area (Å²) in [6, 6.07) is -0.899. The molecule has 1 fully saturated rings. The maximum Gasteiger partial charge on any atom is 0.353 e. The second kappa shape index (κ2) is 12.8. The highest BCUT2D eigenvalue weighted by atomic mass is 32.2. The second-order valence-corrected chi connectivity index (χ2v) is 13.5. The zero-order valence-corrected chi connectivity index (χ0v) is 26.0. The minimum absolute atomic E-state index is 0.0117. The van der Waals surface area contributed by atoms with Gasteiger partial charge in [0.1, 0.15) is 28.0 Å². The molecular formula is C24H21N7O10S4. The summed E-state index contributed by atoms with van der Waals surface area (Å²) in [5, 5.41) is 46.4. The maximum absolute atomic E-state index is 13.3. The van der Waals surface area contributed by atoms with Crippen LogP contribution in [0.3, 0.4) is 0 Å². The van der Waals surface area contributed by atoms with Gasteiger partial charge in [-0.2, -0.15) is 4.73 Å². The molecule has 0 aromatic carbocycles. The molecule has 2 aliphatic heterocycles. The number of rotatable bonds is 11. The quantitative estimate of drug-likeness (QED) is 0.0531. The Bertz CT molecular complexity index is 1850. The summed E-state index contributed by atoms with van der Waals surface area (Å²) in [5.41, 5.74) is 4.56. The smallest absolute Gasteiger partial charge is 0.353 e. The van der Waals surface area contributed by atoms with Crippen molar-refractivity contribution in [2.45, 2.75) is 30.0 Å². The molecule has 45 heavy (non-hydrogen) atoms. The predicted molar refractivity (Wildman–Crippen MR) is 162 cm³/mol. The van der Waals surface area contributed by atoms with Crippen LogP contribution in [0.5, 0.6) is 5.75 Å². The number of carboxylic acids is 2. The van der Waals surface area contributed by atoms with E-state index in [0.717, 1.165) is 51.6 Å². The fraction of sp³-hybridized carbons (Fsp3) is 0.250. The van der Waals surface area contributed by atoms with Crippen LogP contribution in [-0.2, 0) is 25.8 Å². The number of thioether (sulfide) groups is 2. The third-order valence-electron chi connectivity index (χ3n) is 6.38. The number of nitrogen functional groups attached to an aromatic ring is 1. The lowest BCUT2D eigenvalue weighted by atomic mass is 9.94. The number of β-lactam (4-membered cyclic amide) rings is 1. The summed E-state index contributed by atoms with van der Waals surface area (Å²) in [6.07, 6.45) is 0.759. The lowest BCUT2D eigenvalue weighted by Crippen LogP contribution is -2.73. The van der Waals surface area contributed by atoms with Crippen molar-refractivity contribution in [1.29, 1.82) is 0 Å². The van der Waals surface area contributed by atoms with Crippen molar-refractivity contribution in [1.82, 2.24) is 24.9 Å². The molecule has 3 aromatic rings. The molecule has 0 aliphatic carbocycles. The van der Waals surface area contributed by atoms with E-state index in [1.165, 1.54) is 17.1 Å². The third-order valence-corrected chi connectivity index (χ3v) is 10.7. The van der Waals surface area contributed by atoms with Gasteiger partial charge in [0.25, 0.3) is 11.8 Å². The normalized spacial score (nSPS) is 17.9. The first kappa shape index (κ1) is 31.8. The van der Waals surface area contributed by atoms with Gasteiger partial charge in [0.05, 0.1) is 17.9 Å². The molecule has 7 N–H and O–H groups in total. The number of carbonyl (C=O) groups excluding carboxylic acids is 2. The zero-order chi connectivity index (χ0) is 32.6. The van der Waals surface area contributed by atoms with Crippen LogP contribution in [0.25, 0.3) is 0 Å². The highest BCUT2D eigenvalue weighted by Crippen LogP contribution is 2.41. The number of carbonyl (C=O) groups is 4. The standard InChI is InChI=1S/C24H21N7O10S4/c1-8-18(22(38)39)45-24(26-8)44-7-14-17(21(36)37)31-11(6-42-14)16(20(31)35)28-19(34)15(10-5-43-23(25)27-10)29-41-4-9-2-12(32)13(33)3-30(9)40/h2-3,5,11,16,33,40H,4,6-7H2,1H3,(H2,25,27)(H,28,34)(H,36,37)(H,38,39)/b29-15-/t11-,16+/m1/s1. The lowest BCUT2D eigenvalue weighted by molar-refractivity contribution is -0.153. The molecule has 21 heteroatoms. The van der Waals surface area contributed by atoms with E-state index in [9.17, 15) is 44.5 Å². The van der Waals surface area contributed by atoms with Crippen LogP contribution < -0.4 is 16.5 Å². The Labute approximate surface area is 268 Å². The van der Waals surface area contributed by atoms with E-state index in [1.54, 1.807) is 6.92 Å². The topological polar surface area (TPSA) is 260 Å². The molecule has 17 nitrogen and oxygen atoms in total. The molecule has 5 heterocycles. The SMILES string of the molecule is Cc1nc(SCC2=C(C(=O)O)N3C(=O)[C@@H](NC(=O)/C(=N\OCc4cc(=O)c(O)cn4O)c4csc(N)n4)[C@H]3CS2)sc1C(=O)O. The summed E-state index contributed by atoms with van der Waals surface area (Å²) in [4.78, 5) is 76.7. The van der Waals surface area contributed by atoms with Crippen LogP contribution in [0.15, 0.2) is 42.5 Å². The van der Waals surface area contributed by atoms with E-state index >= 15 is 0 Å². The highest BCUT2D eigenvalue weighted by molar-refractivity contribution is 8.06. The fourth-order valence-electron chi connectivity index (χ4n) is 4.26. The molecule has 2 aliphatic rings. The van der Waals surface area contributed by atoms with Gasteiger partial charge in [-0.3, -0.25) is 19.3 Å². The van der Waals surface area contributed by atoms with Crippen molar-refractivity contribution in [3.05, 3.63) is 60.4 Å². The Hall–Kier alpha value is -4.60.